The highest BCUT2D eigenvalue weighted by molar-refractivity contribution is 6.12. The molecular weight excluding hydrogens is 594 g/mol. The molecule has 0 saturated carbocycles. The molecule has 0 radical (unpaired) electrons. The molecule has 1 N–H and O–H groups in total. The van der Waals surface area contributed by atoms with Crippen molar-refractivity contribution in [3.63, 3.8) is 0 Å². The second-order valence-corrected chi connectivity index (χ2v) is 10.8. The van der Waals surface area contributed by atoms with Crippen LogP contribution >= 0.6 is 0 Å². The van der Waals surface area contributed by atoms with Crippen molar-refractivity contribution in [2.75, 3.05) is 19.0 Å². The van der Waals surface area contributed by atoms with Crippen molar-refractivity contribution >= 4 is 17.4 Å². The van der Waals surface area contributed by atoms with Gasteiger partial charge in [-0.1, -0.05) is 72.8 Å². The molecular formula is C38H33N3O6. The number of nitrogens with zero attached hydrogens (tertiary/aromatic N) is 2. The Balaban J connectivity index is 1.19. The van der Waals surface area contributed by atoms with Crippen LogP contribution in [0.1, 0.15) is 55.4 Å². The van der Waals surface area contributed by atoms with Gasteiger partial charge in [0.2, 0.25) is 5.89 Å². The summed E-state index contributed by atoms with van der Waals surface area (Å²) in [7, 11) is 1.29. The first kappa shape index (κ1) is 31.0. The fraction of sp³-hybridized carbons (Fsp3) is 0.158. The Morgan fingerprint density at radius 1 is 0.851 bits per heavy atom. The minimum atomic E-state index is -0.582. The molecule has 0 bridgehead atoms. The van der Waals surface area contributed by atoms with Gasteiger partial charge in [0.05, 0.1) is 25.5 Å². The van der Waals surface area contributed by atoms with E-state index in [9.17, 15) is 9.59 Å². The van der Waals surface area contributed by atoms with Gasteiger partial charge in [-0.2, -0.15) is 0 Å². The molecule has 0 amide bonds. The summed E-state index contributed by atoms with van der Waals surface area (Å²) in [4.78, 5) is 34.4. The topological polar surface area (TPSA) is 117 Å². The highest BCUT2D eigenvalue weighted by Crippen LogP contribution is 2.29. The summed E-state index contributed by atoms with van der Waals surface area (Å²) in [5.74, 6) is 1.72. The van der Waals surface area contributed by atoms with Crippen molar-refractivity contribution in [3.05, 3.63) is 155 Å². The summed E-state index contributed by atoms with van der Waals surface area (Å²) in [5, 5.41) is 3.53. The van der Waals surface area contributed by atoms with E-state index in [4.69, 9.17) is 18.3 Å². The molecule has 0 aliphatic rings. The Kier molecular flexibility index (Phi) is 9.53. The Labute approximate surface area is 272 Å². The van der Waals surface area contributed by atoms with Crippen molar-refractivity contribution in [1.82, 2.24) is 9.97 Å². The SMILES string of the molecule is COC(=O)c1coc(CC(Nc2ccccc2C(=O)c2ccccc2)c2ccc(OCCc3nc(-c4ccccc4)oc3C)cc2)n1. The van der Waals surface area contributed by atoms with Gasteiger partial charge in [-0.15, -0.1) is 0 Å². The average molecular weight is 628 g/mol. The first-order valence-electron chi connectivity index (χ1n) is 15.2. The molecule has 1 unspecified atom stereocenters. The average Bonchev–Trinajstić information content (AvgIpc) is 3.75. The lowest BCUT2D eigenvalue weighted by atomic mass is 9.99. The number of aromatic nitrogens is 2. The Morgan fingerprint density at radius 3 is 2.30 bits per heavy atom. The number of nitrogens with one attached hydrogen (secondary N) is 1. The summed E-state index contributed by atoms with van der Waals surface area (Å²) >= 11 is 0. The summed E-state index contributed by atoms with van der Waals surface area (Å²) in [6.07, 6.45) is 2.16. The third-order valence-electron chi connectivity index (χ3n) is 7.67. The third-order valence-corrected chi connectivity index (χ3v) is 7.67. The Hall–Kier alpha value is -5.96. The molecule has 47 heavy (non-hydrogen) atoms. The van der Waals surface area contributed by atoms with Crippen LogP contribution in [0.2, 0.25) is 0 Å². The van der Waals surface area contributed by atoms with Gasteiger partial charge in [-0.05, 0) is 48.9 Å². The van der Waals surface area contributed by atoms with Crippen LogP contribution in [0.5, 0.6) is 5.75 Å². The zero-order valence-electron chi connectivity index (χ0n) is 26.0. The molecule has 0 aliphatic carbocycles. The first-order valence-corrected chi connectivity index (χ1v) is 15.2. The quantitative estimate of drug-likeness (QED) is 0.102. The second kappa shape index (κ2) is 14.4. The van der Waals surface area contributed by atoms with Crippen molar-refractivity contribution in [3.8, 4) is 17.2 Å². The first-order chi connectivity index (χ1) is 23.0. The fourth-order valence-electron chi connectivity index (χ4n) is 5.20. The van der Waals surface area contributed by atoms with E-state index in [2.05, 4.69) is 15.3 Å². The normalized spacial score (nSPS) is 11.5. The predicted octanol–water partition coefficient (Wildman–Crippen LogP) is 7.67. The van der Waals surface area contributed by atoms with E-state index in [0.717, 1.165) is 22.6 Å². The number of ether oxygens (including phenoxy) is 2. The zero-order chi connectivity index (χ0) is 32.6. The van der Waals surface area contributed by atoms with E-state index in [1.54, 1.807) is 18.2 Å². The van der Waals surface area contributed by atoms with E-state index in [1.165, 1.54) is 13.4 Å². The largest absolute Gasteiger partial charge is 0.493 e. The Bertz CT molecular complexity index is 1950. The maximum Gasteiger partial charge on any atom is 0.360 e. The number of benzene rings is 4. The van der Waals surface area contributed by atoms with Gasteiger partial charge >= 0.3 is 5.97 Å². The smallest absolute Gasteiger partial charge is 0.360 e. The van der Waals surface area contributed by atoms with Gasteiger partial charge < -0.3 is 23.6 Å². The number of carbonyl (C=O) groups excluding carboxylic acids is 2. The van der Waals surface area contributed by atoms with Crippen molar-refractivity contribution in [1.29, 1.82) is 0 Å². The minimum absolute atomic E-state index is 0.0860. The number of methoxy groups -OCH3 is 1. The summed E-state index contributed by atoms with van der Waals surface area (Å²) < 4.78 is 22.4. The zero-order valence-corrected chi connectivity index (χ0v) is 26.0. The lowest BCUT2D eigenvalue weighted by Gasteiger charge is -2.21. The van der Waals surface area contributed by atoms with E-state index in [1.807, 2.05) is 97.9 Å². The molecule has 0 fully saturated rings. The Morgan fingerprint density at radius 2 is 1.55 bits per heavy atom. The van der Waals surface area contributed by atoms with Gasteiger partial charge in [0.25, 0.3) is 0 Å². The molecule has 1 atom stereocenters. The number of anilines is 1. The van der Waals surface area contributed by atoms with E-state index in [-0.39, 0.29) is 17.5 Å². The summed E-state index contributed by atoms with van der Waals surface area (Å²) in [5.41, 5.74) is 4.55. The van der Waals surface area contributed by atoms with Crippen LogP contribution in [0.15, 0.2) is 124 Å². The second-order valence-electron chi connectivity index (χ2n) is 10.8. The van der Waals surface area contributed by atoms with Gasteiger partial charge in [0.15, 0.2) is 17.4 Å². The van der Waals surface area contributed by atoms with Crippen LogP contribution in [0.25, 0.3) is 11.5 Å². The van der Waals surface area contributed by atoms with Crippen molar-refractivity contribution < 1.29 is 27.9 Å². The molecule has 4 aromatic carbocycles. The number of carbonyl (C=O) groups is 2. The molecule has 2 aromatic heterocycles. The molecule has 6 rings (SSSR count). The number of para-hydroxylation sites is 1. The number of ketones is 1. The maximum absolute atomic E-state index is 13.4. The molecule has 0 aliphatic heterocycles. The van der Waals surface area contributed by atoms with Crippen molar-refractivity contribution in [2.45, 2.75) is 25.8 Å². The van der Waals surface area contributed by atoms with Crippen LogP contribution in [0, 0.1) is 6.92 Å². The van der Waals surface area contributed by atoms with Crippen LogP contribution in [-0.2, 0) is 17.6 Å². The molecule has 0 spiro atoms. The predicted molar refractivity (Wildman–Crippen MR) is 177 cm³/mol. The summed E-state index contributed by atoms with van der Waals surface area (Å²) in [6, 6.07) is 33.6. The van der Waals surface area contributed by atoms with Gasteiger partial charge in [-0.3, -0.25) is 4.79 Å². The van der Waals surface area contributed by atoms with Crippen molar-refractivity contribution in [2.24, 2.45) is 0 Å². The number of rotatable bonds is 13. The van der Waals surface area contributed by atoms with E-state index in [0.29, 0.717) is 53.8 Å². The summed E-state index contributed by atoms with van der Waals surface area (Å²) in [6.45, 7) is 2.33. The molecule has 6 aromatic rings. The standard InChI is InChI=1S/C38H33N3O6/c1-25-31(41-37(47-25)28-13-7-4-8-14-28)21-22-45-29-19-17-26(18-20-29)33(23-35-40-34(24-46-35)38(43)44-2)39-32-16-10-9-15-30(32)36(42)27-11-5-3-6-12-27/h3-20,24,33,39H,21-23H2,1-2H3. The number of hydrogen-bond acceptors (Lipinski definition) is 9. The van der Waals surface area contributed by atoms with Gasteiger partial charge in [-0.25, -0.2) is 14.8 Å². The number of hydrogen-bond donors (Lipinski definition) is 1. The maximum atomic E-state index is 13.4. The van der Waals surface area contributed by atoms with Gasteiger partial charge in [0, 0.05) is 35.2 Å². The van der Waals surface area contributed by atoms with Crippen LogP contribution in [0.4, 0.5) is 5.69 Å². The number of esters is 1. The van der Waals surface area contributed by atoms with Crippen LogP contribution in [-0.4, -0.2) is 35.4 Å². The molecule has 236 valence electrons. The van der Waals surface area contributed by atoms with Gasteiger partial charge in [0.1, 0.15) is 17.8 Å². The fourth-order valence-corrected chi connectivity index (χ4v) is 5.20. The van der Waals surface area contributed by atoms with E-state index < -0.39 is 5.97 Å². The lowest BCUT2D eigenvalue weighted by Crippen LogP contribution is -2.17. The molecule has 9 nitrogen and oxygen atoms in total. The number of aryl methyl sites for hydroxylation is 1. The molecule has 2 heterocycles. The highest BCUT2D eigenvalue weighted by Gasteiger charge is 2.21. The lowest BCUT2D eigenvalue weighted by molar-refractivity contribution is 0.0593. The number of oxazole rings is 2. The third kappa shape index (κ3) is 7.48. The highest BCUT2D eigenvalue weighted by atomic mass is 16.5. The minimum Gasteiger partial charge on any atom is -0.493 e. The molecule has 0 saturated heterocycles. The monoisotopic (exact) mass is 627 g/mol. The van der Waals surface area contributed by atoms with Crippen LogP contribution < -0.4 is 10.1 Å². The van der Waals surface area contributed by atoms with Crippen LogP contribution in [0.3, 0.4) is 0 Å². The van der Waals surface area contributed by atoms with E-state index >= 15 is 0 Å². The molecule has 9 heteroatoms.